The molecule has 0 unspecified atom stereocenters. The number of rotatable bonds is 16. The molecule has 34 heavy (non-hydrogen) atoms. The molecule has 0 aromatic heterocycles. The summed E-state index contributed by atoms with van der Waals surface area (Å²) in [5.74, 6) is -7.03. The third kappa shape index (κ3) is 12.3. The lowest BCUT2D eigenvalue weighted by molar-refractivity contribution is -0.144. The second-order valence-electron chi connectivity index (χ2n) is 8.10. The molecule has 0 heterocycles. The third-order valence-corrected chi connectivity index (χ3v) is 4.44. The molecule has 0 radical (unpaired) electrons. The predicted molar refractivity (Wildman–Crippen MR) is 117 cm³/mol. The minimum absolute atomic E-state index is 0.0552. The van der Waals surface area contributed by atoms with Gasteiger partial charge in [-0.3, -0.25) is 28.8 Å². The van der Waals surface area contributed by atoms with Gasteiger partial charge in [0.1, 0.15) is 18.1 Å². The van der Waals surface area contributed by atoms with Gasteiger partial charge in [-0.2, -0.15) is 0 Å². The normalized spacial score (nSPS) is 14.2. The number of carboxylic acids is 1. The third-order valence-electron chi connectivity index (χ3n) is 4.44. The first-order chi connectivity index (χ1) is 15.6. The van der Waals surface area contributed by atoms with Crippen molar-refractivity contribution in [1.29, 1.82) is 0 Å². The van der Waals surface area contributed by atoms with Gasteiger partial charge in [0.15, 0.2) is 0 Å². The zero-order chi connectivity index (χ0) is 26.6. The molecular weight excluding hydrogens is 454 g/mol. The largest absolute Gasteiger partial charge is 0.480 e. The van der Waals surface area contributed by atoms with Crippen LogP contribution in [0.5, 0.6) is 0 Å². The van der Waals surface area contributed by atoms with Crippen LogP contribution in [-0.2, 0) is 33.6 Å². The molecule has 0 fully saturated rings. The number of hydrogen-bond acceptors (Lipinski definition) is 8. The molecule has 6 amide bonds. The smallest absolute Gasteiger partial charge is 0.326 e. The fourth-order valence-corrected chi connectivity index (χ4v) is 2.77. The Morgan fingerprint density at radius 1 is 0.706 bits per heavy atom. The fraction of sp³-hybridized carbons (Fsp3) is 0.632. The van der Waals surface area contributed by atoms with Gasteiger partial charge in [-0.25, -0.2) is 4.79 Å². The zero-order valence-corrected chi connectivity index (χ0v) is 19.0. The molecular formula is C19H33N7O8. The van der Waals surface area contributed by atoms with Crippen LogP contribution in [0.3, 0.4) is 0 Å². The predicted octanol–water partition coefficient (Wildman–Crippen LogP) is -4.08. The molecule has 0 rings (SSSR count). The molecule has 0 bridgehead atoms. The lowest BCUT2D eigenvalue weighted by Crippen LogP contribution is -2.58. The lowest BCUT2D eigenvalue weighted by Gasteiger charge is -2.25. The van der Waals surface area contributed by atoms with Crippen LogP contribution in [0.2, 0.25) is 0 Å². The van der Waals surface area contributed by atoms with Crippen molar-refractivity contribution in [2.45, 2.75) is 70.1 Å². The molecule has 12 N–H and O–H groups in total. The van der Waals surface area contributed by atoms with E-state index < -0.39 is 78.4 Å². The summed E-state index contributed by atoms with van der Waals surface area (Å²) in [5.41, 5.74) is 20.8. The number of aliphatic carboxylic acids is 1. The van der Waals surface area contributed by atoms with Crippen molar-refractivity contribution < 1.29 is 38.7 Å². The Labute approximate surface area is 195 Å². The van der Waals surface area contributed by atoms with Gasteiger partial charge in [0.2, 0.25) is 35.4 Å². The topological polar surface area (TPSA) is 280 Å². The Hall–Kier alpha value is -3.75. The maximum absolute atomic E-state index is 12.8. The molecule has 192 valence electrons. The Bertz CT molecular complexity index is 802. The summed E-state index contributed by atoms with van der Waals surface area (Å²) >= 11 is 0. The molecule has 0 aromatic carbocycles. The van der Waals surface area contributed by atoms with E-state index in [1.807, 2.05) is 5.32 Å². The number of primary amides is 3. The van der Waals surface area contributed by atoms with Crippen molar-refractivity contribution in [1.82, 2.24) is 16.0 Å². The van der Waals surface area contributed by atoms with Gasteiger partial charge in [0.25, 0.3) is 0 Å². The van der Waals surface area contributed by atoms with Crippen molar-refractivity contribution >= 4 is 41.4 Å². The van der Waals surface area contributed by atoms with Gasteiger partial charge in [-0.05, 0) is 18.8 Å². The van der Waals surface area contributed by atoms with Crippen molar-refractivity contribution in [3.8, 4) is 0 Å². The summed E-state index contributed by atoms with van der Waals surface area (Å²) in [6.45, 7) is 3.52. The molecule has 0 aromatic rings. The first-order valence-corrected chi connectivity index (χ1v) is 10.4. The van der Waals surface area contributed by atoms with Gasteiger partial charge in [-0.1, -0.05) is 13.8 Å². The molecule has 0 aliphatic carbocycles. The molecule has 0 spiro atoms. The maximum Gasteiger partial charge on any atom is 0.326 e. The maximum atomic E-state index is 12.8. The highest BCUT2D eigenvalue weighted by molar-refractivity contribution is 5.96. The monoisotopic (exact) mass is 487 g/mol. The highest BCUT2D eigenvalue weighted by Gasteiger charge is 2.32. The van der Waals surface area contributed by atoms with E-state index >= 15 is 0 Å². The number of carbonyl (C=O) groups excluding carboxylic acids is 6. The second kappa shape index (κ2) is 14.4. The first kappa shape index (κ1) is 30.2. The molecule has 0 saturated carbocycles. The van der Waals surface area contributed by atoms with Crippen LogP contribution in [-0.4, -0.2) is 70.7 Å². The number of carboxylic acid groups (broad SMARTS) is 1. The average Bonchev–Trinajstić information content (AvgIpc) is 2.68. The standard InChI is InChI=1S/C19H33N7O8/c1-8(2)5-10(24-16(30)9(20)3-4-13(21)27)17(31)25-11(6-14(22)28)18(32)26-12(19(33)34)7-15(23)29/h8-12H,3-7,20H2,1-2H3,(H2,21,27)(H2,22,28)(H2,23,29)(H,24,30)(H,25,31)(H,26,32)(H,33,34)/t9-,10-,11-,12-/m0/s1. The van der Waals surface area contributed by atoms with Crippen molar-refractivity contribution in [3.05, 3.63) is 0 Å². The number of nitrogens with one attached hydrogen (secondary N) is 3. The summed E-state index contributed by atoms with van der Waals surface area (Å²) in [4.78, 5) is 82.3. The quantitative estimate of drug-likeness (QED) is 0.105. The molecule has 15 nitrogen and oxygen atoms in total. The molecule has 0 aliphatic heterocycles. The van der Waals surface area contributed by atoms with E-state index in [4.69, 9.17) is 28.0 Å². The van der Waals surface area contributed by atoms with Gasteiger partial charge < -0.3 is 44.0 Å². The summed E-state index contributed by atoms with van der Waals surface area (Å²) in [5, 5.41) is 15.8. The van der Waals surface area contributed by atoms with Crippen molar-refractivity contribution in [2.24, 2.45) is 28.9 Å². The van der Waals surface area contributed by atoms with E-state index in [0.717, 1.165) is 0 Å². The Balaban J connectivity index is 5.52. The summed E-state index contributed by atoms with van der Waals surface area (Å²) < 4.78 is 0. The number of hydrogen-bond donors (Lipinski definition) is 8. The van der Waals surface area contributed by atoms with Crippen LogP contribution in [0.15, 0.2) is 0 Å². The minimum Gasteiger partial charge on any atom is -0.480 e. The average molecular weight is 488 g/mol. The van der Waals surface area contributed by atoms with E-state index in [0.29, 0.717) is 0 Å². The Morgan fingerprint density at radius 2 is 1.15 bits per heavy atom. The van der Waals surface area contributed by atoms with Gasteiger partial charge in [0.05, 0.1) is 18.9 Å². The van der Waals surface area contributed by atoms with Crippen molar-refractivity contribution in [3.63, 3.8) is 0 Å². The van der Waals surface area contributed by atoms with E-state index in [2.05, 4.69) is 10.6 Å². The Kier molecular flexibility index (Phi) is 12.8. The van der Waals surface area contributed by atoms with E-state index in [-0.39, 0.29) is 25.2 Å². The van der Waals surface area contributed by atoms with Crippen LogP contribution in [0.1, 0.15) is 46.0 Å². The summed E-state index contributed by atoms with van der Waals surface area (Å²) in [7, 11) is 0. The summed E-state index contributed by atoms with van der Waals surface area (Å²) in [6, 6.07) is -5.62. The first-order valence-electron chi connectivity index (χ1n) is 10.4. The second-order valence-corrected chi connectivity index (χ2v) is 8.10. The molecule has 15 heteroatoms. The number of amides is 6. The van der Waals surface area contributed by atoms with Crippen LogP contribution >= 0.6 is 0 Å². The van der Waals surface area contributed by atoms with Crippen molar-refractivity contribution in [2.75, 3.05) is 0 Å². The Morgan fingerprint density at radius 3 is 1.59 bits per heavy atom. The van der Waals surface area contributed by atoms with Crippen LogP contribution in [0, 0.1) is 5.92 Å². The van der Waals surface area contributed by atoms with E-state index in [1.165, 1.54) is 0 Å². The minimum atomic E-state index is -1.70. The van der Waals surface area contributed by atoms with Gasteiger partial charge in [0, 0.05) is 6.42 Å². The molecule has 0 saturated heterocycles. The van der Waals surface area contributed by atoms with E-state index in [1.54, 1.807) is 13.8 Å². The zero-order valence-electron chi connectivity index (χ0n) is 19.0. The van der Waals surface area contributed by atoms with E-state index in [9.17, 15) is 33.6 Å². The summed E-state index contributed by atoms with van der Waals surface area (Å²) in [6.07, 6.45) is -1.51. The SMILES string of the molecule is CC(C)C[C@H](NC(=O)[C@@H](N)CCC(N)=O)C(=O)N[C@@H](CC(N)=O)C(=O)N[C@@H](CC(N)=O)C(=O)O. The fourth-order valence-electron chi connectivity index (χ4n) is 2.77. The van der Waals surface area contributed by atoms with Crippen LogP contribution < -0.4 is 38.9 Å². The molecule has 4 atom stereocenters. The number of nitrogens with two attached hydrogens (primary N) is 4. The highest BCUT2D eigenvalue weighted by atomic mass is 16.4. The van der Waals surface area contributed by atoms with Crippen LogP contribution in [0.25, 0.3) is 0 Å². The van der Waals surface area contributed by atoms with Crippen LogP contribution in [0.4, 0.5) is 0 Å². The molecule has 0 aliphatic rings. The highest BCUT2D eigenvalue weighted by Crippen LogP contribution is 2.07. The number of carbonyl (C=O) groups is 7. The van der Waals surface area contributed by atoms with Gasteiger partial charge >= 0.3 is 5.97 Å². The van der Waals surface area contributed by atoms with Gasteiger partial charge in [-0.15, -0.1) is 0 Å². The lowest BCUT2D eigenvalue weighted by atomic mass is 10.0.